The number of anilines is 1. The normalized spacial score (nSPS) is 14.4. The molecule has 106 valence electrons. The highest BCUT2D eigenvalue weighted by atomic mass is 32.1. The van der Waals surface area contributed by atoms with Crippen molar-refractivity contribution in [2.24, 2.45) is 0 Å². The fourth-order valence-corrected chi connectivity index (χ4v) is 3.19. The van der Waals surface area contributed by atoms with E-state index in [9.17, 15) is 4.79 Å². The molecule has 0 amide bonds. The summed E-state index contributed by atoms with van der Waals surface area (Å²) in [6.45, 7) is 3.14. The molecule has 0 bridgehead atoms. The molecule has 0 saturated carbocycles. The van der Waals surface area contributed by atoms with Crippen molar-refractivity contribution in [3.8, 4) is 11.8 Å². The van der Waals surface area contributed by atoms with Gasteiger partial charge in [0.25, 0.3) is 0 Å². The van der Waals surface area contributed by atoms with Crippen molar-refractivity contribution in [3.05, 3.63) is 52.4 Å². The maximum absolute atomic E-state index is 11.0. The second-order valence-corrected chi connectivity index (χ2v) is 5.76. The largest absolute Gasteiger partial charge is 0.378 e. The van der Waals surface area contributed by atoms with Crippen molar-refractivity contribution < 1.29 is 9.53 Å². The monoisotopic (exact) mass is 297 g/mol. The van der Waals surface area contributed by atoms with Crippen LogP contribution in [0.3, 0.4) is 0 Å². The second kappa shape index (κ2) is 6.57. The number of rotatable bonds is 2. The van der Waals surface area contributed by atoms with Crippen LogP contribution in [-0.4, -0.2) is 32.6 Å². The number of ether oxygens (including phenoxy) is 1. The van der Waals surface area contributed by atoms with E-state index in [2.05, 4.69) is 16.7 Å². The van der Waals surface area contributed by atoms with Crippen molar-refractivity contribution in [1.29, 1.82) is 0 Å². The van der Waals surface area contributed by atoms with E-state index >= 15 is 0 Å². The maximum Gasteiger partial charge on any atom is 0.160 e. The van der Waals surface area contributed by atoms with E-state index in [0.29, 0.717) is 4.88 Å². The Balaban J connectivity index is 1.92. The lowest BCUT2D eigenvalue weighted by molar-refractivity contribution is 0.112. The first kappa shape index (κ1) is 13.9. The lowest BCUT2D eigenvalue weighted by Gasteiger charge is -2.27. The molecule has 1 aromatic carbocycles. The number of benzene rings is 1. The number of hydrogen-bond donors (Lipinski definition) is 0. The first-order valence-electron chi connectivity index (χ1n) is 6.85. The Morgan fingerprint density at radius 2 is 1.90 bits per heavy atom. The molecule has 1 aliphatic heterocycles. The molecule has 0 atom stereocenters. The quantitative estimate of drug-likeness (QED) is 0.630. The topological polar surface area (TPSA) is 29.5 Å². The molecule has 3 rings (SSSR count). The Morgan fingerprint density at radius 3 is 2.62 bits per heavy atom. The van der Waals surface area contributed by atoms with E-state index in [1.54, 1.807) is 0 Å². The number of aldehydes is 1. The molecular weight excluding hydrogens is 282 g/mol. The maximum atomic E-state index is 11.0. The Morgan fingerprint density at radius 1 is 1.14 bits per heavy atom. The number of carbonyl (C=O) groups is 1. The van der Waals surface area contributed by atoms with E-state index in [4.69, 9.17) is 4.74 Å². The Labute approximate surface area is 128 Å². The molecule has 0 radical (unpaired) electrons. The Kier molecular flexibility index (Phi) is 4.34. The number of nitrogens with zero attached hydrogens (tertiary/aromatic N) is 1. The van der Waals surface area contributed by atoms with E-state index in [-0.39, 0.29) is 0 Å². The average Bonchev–Trinajstić information content (AvgIpc) is 2.98. The standard InChI is InChI=1S/C17H15NO2S/c19-13-16-12-15(7-6-14-4-2-1-3-5-14)17(21-16)18-8-10-20-11-9-18/h1-5,12-13H,8-11H2. The van der Waals surface area contributed by atoms with E-state index in [1.807, 2.05) is 36.4 Å². The fraction of sp³-hybridized carbons (Fsp3) is 0.235. The van der Waals surface area contributed by atoms with Crippen LogP contribution in [0.5, 0.6) is 0 Å². The third-order valence-electron chi connectivity index (χ3n) is 3.26. The zero-order chi connectivity index (χ0) is 14.5. The van der Waals surface area contributed by atoms with E-state index < -0.39 is 0 Å². The minimum atomic E-state index is 0.717. The summed E-state index contributed by atoms with van der Waals surface area (Å²) in [7, 11) is 0. The summed E-state index contributed by atoms with van der Waals surface area (Å²) in [6, 6.07) is 11.7. The number of morpholine rings is 1. The van der Waals surface area contributed by atoms with Crippen LogP contribution in [0.2, 0.25) is 0 Å². The molecule has 4 heteroatoms. The summed E-state index contributed by atoms with van der Waals surface area (Å²) in [6.07, 6.45) is 0.891. The summed E-state index contributed by atoms with van der Waals surface area (Å²) in [5.74, 6) is 6.36. The summed E-state index contributed by atoms with van der Waals surface area (Å²) in [4.78, 5) is 14.0. The zero-order valence-corrected chi connectivity index (χ0v) is 12.4. The van der Waals surface area contributed by atoms with Crippen molar-refractivity contribution in [1.82, 2.24) is 0 Å². The van der Waals surface area contributed by atoms with Gasteiger partial charge in [0.15, 0.2) is 6.29 Å². The molecule has 1 aliphatic rings. The molecule has 0 N–H and O–H groups in total. The minimum absolute atomic E-state index is 0.717. The van der Waals surface area contributed by atoms with Crippen molar-refractivity contribution in [2.75, 3.05) is 31.2 Å². The molecule has 0 aliphatic carbocycles. The van der Waals surface area contributed by atoms with Gasteiger partial charge in [0.1, 0.15) is 5.00 Å². The molecule has 1 saturated heterocycles. The van der Waals surface area contributed by atoms with Crippen LogP contribution in [0.4, 0.5) is 5.00 Å². The van der Waals surface area contributed by atoms with Crippen LogP contribution in [0.1, 0.15) is 20.8 Å². The lowest BCUT2D eigenvalue weighted by Crippen LogP contribution is -2.36. The zero-order valence-electron chi connectivity index (χ0n) is 11.5. The molecule has 1 aromatic heterocycles. The van der Waals surface area contributed by atoms with Gasteiger partial charge in [0, 0.05) is 18.7 Å². The summed E-state index contributed by atoms with van der Waals surface area (Å²) >= 11 is 1.50. The predicted molar refractivity (Wildman–Crippen MR) is 85.2 cm³/mol. The van der Waals surface area contributed by atoms with Crippen LogP contribution in [0, 0.1) is 11.8 Å². The first-order chi connectivity index (χ1) is 10.4. The van der Waals surface area contributed by atoms with Gasteiger partial charge in [-0.1, -0.05) is 30.0 Å². The Hall–Kier alpha value is -2.09. The molecule has 2 aromatic rings. The van der Waals surface area contributed by atoms with Crippen molar-refractivity contribution >= 4 is 22.6 Å². The van der Waals surface area contributed by atoms with Gasteiger partial charge in [0.2, 0.25) is 0 Å². The molecule has 0 unspecified atom stereocenters. The van der Waals surface area contributed by atoms with Gasteiger partial charge in [-0.15, -0.1) is 11.3 Å². The third-order valence-corrected chi connectivity index (χ3v) is 4.38. The van der Waals surface area contributed by atoms with Gasteiger partial charge in [-0.05, 0) is 18.2 Å². The molecule has 2 heterocycles. The highest BCUT2D eigenvalue weighted by Gasteiger charge is 2.17. The van der Waals surface area contributed by atoms with Gasteiger partial charge in [0.05, 0.1) is 23.7 Å². The third kappa shape index (κ3) is 3.33. The lowest BCUT2D eigenvalue weighted by atomic mass is 10.2. The SMILES string of the molecule is O=Cc1cc(C#Cc2ccccc2)c(N2CCOCC2)s1. The molecular formula is C17H15NO2S. The first-order valence-corrected chi connectivity index (χ1v) is 7.67. The molecule has 21 heavy (non-hydrogen) atoms. The van der Waals surface area contributed by atoms with Gasteiger partial charge in [-0.25, -0.2) is 0 Å². The van der Waals surface area contributed by atoms with Crippen molar-refractivity contribution in [2.45, 2.75) is 0 Å². The smallest absolute Gasteiger partial charge is 0.160 e. The van der Waals surface area contributed by atoms with Crippen LogP contribution in [-0.2, 0) is 4.74 Å². The fourth-order valence-electron chi connectivity index (χ4n) is 2.21. The van der Waals surface area contributed by atoms with Gasteiger partial charge >= 0.3 is 0 Å². The molecule has 3 nitrogen and oxygen atoms in total. The van der Waals surface area contributed by atoms with Gasteiger partial charge < -0.3 is 9.64 Å². The highest BCUT2D eigenvalue weighted by molar-refractivity contribution is 7.17. The van der Waals surface area contributed by atoms with Crippen molar-refractivity contribution in [3.63, 3.8) is 0 Å². The van der Waals surface area contributed by atoms with Gasteiger partial charge in [-0.3, -0.25) is 4.79 Å². The molecule has 1 fully saturated rings. The number of hydrogen-bond acceptors (Lipinski definition) is 4. The number of carbonyl (C=O) groups excluding carboxylic acids is 1. The van der Waals surface area contributed by atoms with Crippen LogP contribution in [0.25, 0.3) is 0 Å². The van der Waals surface area contributed by atoms with Crippen LogP contribution < -0.4 is 4.90 Å². The second-order valence-electron chi connectivity index (χ2n) is 4.70. The average molecular weight is 297 g/mol. The molecule has 0 spiro atoms. The predicted octanol–water partition coefficient (Wildman–Crippen LogP) is 2.80. The summed E-state index contributed by atoms with van der Waals surface area (Å²) in [5.41, 5.74) is 1.90. The van der Waals surface area contributed by atoms with E-state index in [1.165, 1.54) is 11.3 Å². The summed E-state index contributed by atoms with van der Waals surface area (Å²) in [5, 5.41) is 1.07. The summed E-state index contributed by atoms with van der Waals surface area (Å²) < 4.78 is 5.38. The minimum Gasteiger partial charge on any atom is -0.378 e. The van der Waals surface area contributed by atoms with Gasteiger partial charge in [-0.2, -0.15) is 0 Å². The van der Waals surface area contributed by atoms with Crippen LogP contribution in [0.15, 0.2) is 36.4 Å². The van der Waals surface area contributed by atoms with E-state index in [0.717, 1.165) is 48.7 Å². The highest BCUT2D eigenvalue weighted by Crippen LogP contribution is 2.31. The van der Waals surface area contributed by atoms with Crippen LogP contribution >= 0.6 is 11.3 Å². The Bertz CT molecular complexity index is 676. The number of thiophene rings is 1.